The van der Waals surface area contributed by atoms with Gasteiger partial charge >= 0.3 is 0 Å². The summed E-state index contributed by atoms with van der Waals surface area (Å²) < 4.78 is 0. The first-order valence-corrected chi connectivity index (χ1v) is 7.12. The fraction of sp³-hybridized carbons (Fsp3) is 0.200. The summed E-state index contributed by atoms with van der Waals surface area (Å²) in [6.45, 7) is 2.39. The summed E-state index contributed by atoms with van der Waals surface area (Å²) in [6, 6.07) is 13.3. The Labute approximate surface area is 121 Å². The minimum Gasteiger partial charge on any atom is -0.350 e. The fourth-order valence-electron chi connectivity index (χ4n) is 1.66. The Kier molecular flexibility index (Phi) is 4.90. The van der Waals surface area contributed by atoms with E-state index in [1.165, 1.54) is 11.3 Å². The highest BCUT2D eigenvalue weighted by Gasteiger charge is 2.09. The molecule has 1 heterocycles. The predicted molar refractivity (Wildman–Crippen MR) is 79.7 cm³/mol. The number of thiophene rings is 1. The van der Waals surface area contributed by atoms with Crippen LogP contribution in [0.15, 0.2) is 42.5 Å². The van der Waals surface area contributed by atoms with E-state index in [9.17, 15) is 9.59 Å². The molecule has 0 saturated carbocycles. The van der Waals surface area contributed by atoms with Crippen LogP contribution in [-0.2, 0) is 11.3 Å². The molecule has 2 N–H and O–H groups in total. The van der Waals surface area contributed by atoms with Gasteiger partial charge in [-0.3, -0.25) is 9.59 Å². The van der Waals surface area contributed by atoms with E-state index in [4.69, 9.17) is 0 Å². The summed E-state index contributed by atoms with van der Waals surface area (Å²) in [7, 11) is 0. The molecule has 0 aliphatic heterocycles. The molecule has 0 unspecified atom stereocenters. The number of carbonyl (C=O) groups excluding carboxylic acids is 2. The van der Waals surface area contributed by atoms with E-state index in [1.807, 2.05) is 43.3 Å². The van der Waals surface area contributed by atoms with Crippen molar-refractivity contribution in [2.45, 2.75) is 13.5 Å². The zero-order valence-corrected chi connectivity index (χ0v) is 12.0. The van der Waals surface area contributed by atoms with Gasteiger partial charge in [-0.2, -0.15) is 0 Å². The number of nitrogens with one attached hydrogen (secondary N) is 2. The largest absolute Gasteiger partial charge is 0.350 e. The van der Waals surface area contributed by atoms with Gasteiger partial charge in [0.15, 0.2) is 0 Å². The molecule has 1 aromatic heterocycles. The Hall–Kier alpha value is -2.14. The van der Waals surface area contributed by atoms with Crippen molar-refractivity contribution in [3.8, 4) is 0 Å². The van der Waals surface area contributed by atoms with E-state index < -0.39 is 0 Å². The van der Waals surface area contributed by atoms with Gasteiger partial charge in [0.2, 0.25) is 5.91 Å². The van der Waals surface area contributed by atoms with Gasteiger partial charge in [-0.15, -0.1) is 11.3 Å². The second kappa shape index (κ2) is 6.86. The first kappa shape index (κ1) is 14.3. The lowest BCUT2D eigenvalue weighted by atomic mass is 10.2. The molecular weight excluding hydrogens is 272 g/mol. The van der Waals surface area contributed by atoms with Gasteiger partial charge in [-0.25, -0.2) is 0 Å². The lowest BCUT2D eigenvalue weighted by Gasteiger charge is -2.06. The molecule has 0 aliphatic rings. The number of benzene rings is 1. The van der Waals surface area contributed by atoms with Crippen LogP contribution in [0.4, 0.5) is 0 Å². The zero-order valence-electron chi connectivity index (χ0n) is 11.2. The minimum atomic E-state index is -0.210. The van der Waals surface area contributed by atoms with Crippen LogP contribution in [-0.4, -0.2) is 18.4 Å². The molecule has 0 atom stereocenters. The third kappa shape index (κ3) is 4.20. The van der Waals surface area contributed by atoms with Crippen molar-refractivity contribution in [3.63, 3.8) is 0 Å². The van der Waals surface area contributed by atoms with Crippen molar-refractivity contribution < 1.29 is 9.59 Å². The van der Waals surface area contributed by atoms with Gasteiger partial charge in [0, 0.05) is 11.4 Å². The molecule has 5 heteroatoms. The quantitative estimate of drug-likeness (QED) is 0.885. The van der Waals surface area contributed by atoms with E-state index in [0.717, 1.165) is 10.4 Å². The summed E-state index contributed by atoms with van der Waals surface area (Å²) in [6.07, 6.45) is 0. The van der Waals surface area contributed by atoms with Crippen LogP contribution in [0.25, 0.3) is 0 Å². The van der Waals surface area contributed by atoms with Crippen LogP contribution in [0.5, 0.6) is 0 Å². The molecular formula is C15H16N2O2S. The number of aryl methyl sites for hydroxylation is 1. The van der Waals surface area contributed by atoms with Crippen LogP contribution in [0.1, 0.15) is 20.1 Å². The van der Waals surface area contributed by atoms with Crippen LogP contribution in [0.2, 0.25) is 0 Å². The average Bonchev–Trinajstić information content (AvgIpc) is 2.90. The summed E-state index contributed by atoms with van der Waals surface area (Å²) in [4.78, 5) is 25.1. The maximum Gasteiger partial charge on any atom is 0.261 e. The van der Waals surface area contributed by atoms with E-state index in [-0.39, 0.29) is 18.4 Å². The van der Waals surface area contributed by atoms with Crippen LogP contribution in [0, 0.1) is 6.92 Å². The van der Waals surface area contributed by atoms with Crippen molar-refractivity contribution in [3.05, 3.63) is 57.8 Å². The van der Waals surface area contributed by atoms with Crippen LogP contribution >= 0.6 is 11.3 Å². The highest BCUT2D eigenvalue weighted by molar-refractivity contribution is 7.13. The lowest BCUT2D eigenvalue weighted by Crippen LogP contribution is -2.36. The Morgan fingerprint density at radius 2 is 1.80 bits per heavy atom. The molecule has 0 aliphatic carbocycles. The van der Waals surface area contributed by atoms with Crippen LogP contribution in [0.3, 0.4) is 0 Å². The highest BCUT2D eigenvalue weighted by Crippen LogP contribution is 2.14. The average molecular weight is 288 g/mol. The molecule has 1 aromatic carbocycles. The number of carbonyl (C=O) groups is 2. The molecule has 2 aromatic rings. The smallest absolute Gasteiger partial charge is 0.261 e. The van der Waals surface area contributed by atoms with Gasteiger partial charge in [-0.1, -0.05) is 30.3 Å². The lowest BCUT2D eigenvalue weighted by molar-refractivity contribution is -0.120. The summed E-state index contributed by atoms with van der Waals surface area (Å²) >= 11 is 1.41. The normalized spacial score (nSPS) is 10.1. The van der Waals surface area contributed by atoms with Crippen molar-refractivity contribution >= 4 is 23.2 Å². The standard InChI is InChI=1S/C15H16N2O2S/c1-11-7-8-13(20-11)15(19)17-10-14(18)16-9-12-5-3-2-4-6-12/h2-8H,9-10H2,1H3,(H,16,18)(H,17,19). The van der Waals surface area contributed by atoms with E-state index in [1.54, 1.807) is 6.07 Å². The Morgan fingerprint density at radius 3 is 2.45 bits per heavy atom. The predicted octanol–water partition coefficient (Wildman–Crippen LogP) is 2.10. The minimum absolute atomic E-state index is 0.0113. The van der Waals surface area contributed by atoms with Gasteiger partial charge in [0.1, 0.15) is 0 Å². The van der Waals surface area contributed by atoms with Gasteiger partial charge < -0.3 is 10.6 Å². The number of amides is 2. The SMILES string of the molecule is Cc1ccc(C(=O)NCC(=O)NCc2ccccc2)s1. The number of hydrogen-bond donors (Lipinski definition) is 2. The van der Waals surface area contributed by atoms with E-state index >= 15 is 0 Å². The third-order valence-corrected chi connectivity index (χ3v) is 3.71. The second-order valence-corrected chi connectivity index (χ2v) is 5.64. The van der Waals surface area contributed by atoms with Crippen molar-refractivity contribution in [2.75, 3.05) is 6.54 Å². The first-order valence-electron chi connectivity index (χ1n) is 6.30. The van der Waals surface area contributed by atoms with Crippen molar-refractivity contribution in [2.24, 2.45) is 0 Å². The topological polar surface area (TPSA) is 58.2 Å². The molecule has 2 rings (SSSR count). The summed E-state index contributed by atoms with van der Waals surface area (Å²) in [5, 5.41) is 5.37. The van der Waals surface area contributed by atoms with E-state index in [0.29, 0.717) is 11.4 Å². The maximum absolute atomic E-state index is 11.8. The van der Waals surface area contributed by atoms with Crippen LogP contribution < -0.4 is 10.6 Å². The molecule has 0 bridgehead atoms. The first-order chi connectivity index (χ1) is 9.65. The molecule has 20 heavy (non-hydrogen) atoms. The monoisotopic (exact) mass is 288 g/mol. The fourth-order valence-corrected chi connectivity index (χ4v) is 2.45. The summed E-state index contributed by atoms with van der Waals surface area (Å²) in [5.74, 6) is -0.409. The molecule has 104 valence electrons. The molecule has 0 spiro atoms. The Bertz CT molecular complexity index is 593. The van der Waals surface area contributed by atoms with Gasteiger partial charge in [-0.05, 0) is 24.6 Å². The highest BCUT2D eigenvalue weighted by atomic mass is 32.1. The van der Waals surface area contributed by atoms with Crippen molar-refractivity contribution in [1.29, 1.82) is 0 Å². The molecule has 2 amide bonds. The van der Waals surface area contributed by atoms with Gasteiger partial charge in [0.05, 0.1) is 11.4 Å². The number of hydrogen-bond acceptors (Lipinski definition) is 3. The third-order valence-electron chi connectivity index (χ3n) is 2.71. The maximum atomic E-state index is 11.8. The number of rotatable bonds is 5. The molecule has 0 saturated heterocycles. The summed E-state index contributed by atoms with van der Waals surface area (Å²) in [5.41, 5.74) is 1.03. The van der Waals surface area contributed by atoms with E-state index in [2.05, 4.69) is 10.6 Å². The van der Waals surface area contributed by atoms with Gasteiger partial charge in [0.25, 0.3) is 5.91 Å². The van der Waals surface area contributed by atoms with Crippen molar-refractivity contribution in [1.82, 2.24) is 10.6 Å². The Morgan fingerprint density at radius 1 is 1.05 bits per heavy atom. The zero-order chi connectivity index (χ0) is 14.4. The molecule has 0 fully saturated rings. The second-order valence-electron chi connectivity index (χ2n) is 4.36. The Balaban J connectivity index is 1.74. The molecule has 4 nitrogen and oxygen atoms in total. The molecule has 0 radical (unpaired) electrons.